The quantitative estimate of drug-likeness (QED) is 0.102. The molecule has 0 saturated carbocycles. The molecule has 4 aliphatic rings. The number of aromatic amines is 2. The Morgan fingerprint density at radius 3 is 0.708 bits per heavy atom. The summed E-state index contributed by atoms with van der Waals surface area (Å²) in [4.78, 5) is 18.1. The summed E-state index contributed by atoms with van der Waals surface area (Å²) >= 11 is 25.5. The van der Waals surface area contributed by atoms with Crippen LogP contribution in [-0.2, 0) is 45.2 Å². The standard InChI is InChI=1S/C44H26Cl4N4.2C4H8O.4CO.Al.Mn/c45-29-9-1-25(2-10-29)41-33-17-19-35(49-33)42(26-3-11-30(46)12-4-26)37-21-23-39(51-37)44(28-7-15-32(48)16-8-28)40-24-22-38(52-40)43(36-20-18-34(41)50-36)27-5-13-31(47)14-6-27;2*1-2-4-5-3-1;4*1-2;;/h1-24,49,52H;2*1-4H2;;;;;;/q;;;;;;;+3;+2. The smallest absolute Gasteiger partial charge is 2.00 e. The molecule has 16 heteroatoms. The van der Waals surface area contributed by atoms with Crippen LogP contribution >= 0.6 is 46.4 Å². The summed E-state index contributed by atoms with van der Waals surface area (Å²) in [7, 11) is 0. The number of H-pyrrole nitrogens is 2. The molecule has 4 aliphatic heterocycles. The number of rotatable bonds is 4. The number of halogens is 4. The van der Waals surface area contributed by atoms with Crippen LogP contribution in [0.25, 0.3) is 90.9 Å². The Labute approximate surface area is 459 Å². The molecule has 2 N–H and O–H groups in total. The molecule has 2 fully saturated rings. The molecule has 4 aromatic carbocycles. The van der Waals surface area contributed by atoms with E-state index in [1.54, 1.807) is 0 Å². The second kappa shape index (κ2) is 31.9. The number of nitrogens with zero attached hydrogens (tertiary/aromatic N) is 2. The topological polar surface area (TPSA) is 155 Å². The van der Waals surface area contributed by atoms with Crippen molar-refractivity contribution in [3.63, 3.8) is 0 Å². The molecule has 10 nitrogen and oxygen atoms in total. The maximum absolute atomic E-state index is 7.50. The van der Waals surface area contributed by atoms with Gasteiger partial charge in [0.2, 0.25) is 0 Å². The van der Waals surface area contributed by atoms with E-state index in [4.69, 9.17) is 84.5 Å². The van der Waals surface area contributed by atoms with Gasteiger partial charge in [0.1, 0.15) is 0 Å². The molecule has 2 saturated heterocycles. The van der Waals surface area contributed by atoms with E-state index in [1.807, 2.05) is 97.1 Å². The third-order valence-corrected chi connectivity index (χ3v) is 11.9. The van der Waals surface area contributed by atoms with Crippen molar-refractivity contribution >= 4 is 110 Å². The zero-order chi connectivity index (χ0) is 50.4. The zero-order valence-corrected chi connectivity index (χ0v) is 43.7. The van der Waals surface area contributed by atoms with Crippen LogP contribution in [0, 0.1) is 26.6 Å². The van der Waals surface area contributed by atoms with Gasteiger partial charge in [-0.3, -0.25) is 0 Å². The van der Waals surface area contributed by atoms with Crippen LogP contribution in [0.5, 0.6) is 0 Å². The van der Waals surface area contributed by atoms with E-state index in [0.717, 1.165) is 116 Å². The van der Waals surface area contributed by atoms with Crippen molar-refractivity contribution in [3.8, 4) is 44.5 Å². The van der Waals surface area contributed by atoms with Gasteiger partial charge in [-0.25, -0.2) is 9.97 Å². The van der Waals surface area contributed by atoms with Crippen molar-refractivity contribution < 1.29 is 45.2 Å². The Morgan fingerprint density at radius 2 is 0.542 bits per heavy atom. The fourth-order valence-corrected chi connectivity index (χ4v) is 8.41. The van der Waals surface area contributed by atoms with E-state index in [9.17, 15) is 0 Å². The monoisotopic (exact) mass is 1090 g/mol. The Balaban J connectivity index is 0.000000593. The first-order chi connectivity index (χ1) is 34.4. The van der Waals surface area contributed by atoms with Gasteiger partial charge in [0.25, 0.3) is 0 Å². The molecule has 8 bridgehead atoms. The minimum absolute atomic E-state index is 0. The Bertz CT molecular complexity index is 2740. The van der Waals surface area contributed by atoms with Crippen LogP contribution in [0.3, 0.4) is 0 Å². The van der Waals surface area contributed by atoms with Gasteiger partial charge in [-0.1, -0.05) is 94.9 Å². The van der Waals surface area contributed by atoms with Gasteiger partial charge in [-0.2, -0.15) is 0 Å². The third kappa shape index (κ3) is 15.8. The van der Waals surface area contributed by atoms with Crippen molar-refractivity contribution in [2.75, 3.05) is 26.4 Å². The summed E-state index contributed by atoms with van der Waals surface area (Å²) in [5.74, 6) is 0. The second-order valence-corrected chi connectivity index (χ2v) is 16.9. The van der Waals surface area contributed by atoms with Crippen molar-refractivity contribution in [1.82, 2.24) is 19.9 Å². The number of nitrogens with one attached hydrogen (secondary N) is 2. The number of benzene rings is 4. The minimum atomic E-state index is 0. The molecule has 3 aromatic heterocycles. The zero-order valence-electron chi connectivity index (χ0n) is 38.3. The first-order valence-corrected chi connectivity index (χ1v) is 23.1. The molecule has 7 heterocycles. The maximum atomic E-state index is 7.50. The first kappa shape index (κ1) is 60.9. The summed E-state index contributed by atoms with van der Waals surface area (Å²) < 4.78 is 39.9. The Kier molecular flexibility index (Phi) is 27.0. The van der Waals surface area contributed by atoms with Crippen LogP contribution in [0.15, 0.2) is 121 Å². The predicted octanol–water partition coefficient (Wildman–Crippen LogP) is 15.0. The van der Waals surface area contributed by atoms with Crippen LogP contribution in [0.4, 0.5) is 0 Å². The van der Waals surface area contributed by atoms with Gasteiger partial charge in [-0.15, -0.1) is 0 Å². The molecule has 0 spiro atoms. The van der Waals surface area contributed by atoms with Gasteiger partial charge >= 0.3 is 79.6 Å². The molecule has 0 atom stereocenters. The summed E-state index contributed by atoms with van der Waals surface area (Å²) in [5, 5.41) is 2.64. The predicted molar refractivity (Wildman–Crippen MR) is 282 cm³/mol. The molecule has 0 amide bonds. The summed E-state index contributed by atoms with van der Waals surface area (Å²) in [6.45, 7) is 22.0. The van der Waals surface area contributed by atoms with Gasteiger partial charge in [-0.05, 0) is 145 Å². The molecule has 7 aromatic rings. The van der Waals surface area contributed by atoms with Crippen molar-refractivity contribution in [3.05, 3.63) is 191 Å². The fraction of sp³-hybridized carbons (Fsp3) is 0.143. The average Bonchev–Trinajstić information content (AvgIpc) is 4.27. The summed E-state index contributed by atoms with van der Waals surface area (Å²) in [5.41, 5.74) is 14.5. The van der Waals surface area contributed by atoms with Gasteiger partial charge in [0, 0.05) is 90.8 Å². The van der Waals surface area contributed by atoms with E-state index < -0.39 is 0 Å². The molecule has 11 rings (SSSR count). The molecule has 1 radical (unpaired) electrons. The average molecular weight is 1090 g/mol. The summed E-state index contributed by atoms with van der Waals surface area (Å²) in [6.07, 6.45) is 13.4. The fourth-order valence-electron chi connectivity index (χ4n) is 7.91. The van der Waals surface area contributed by atoms with Gasteiger partial charge < -0.3 is 19.4 Å². The molecule has 355 valence electrons. The number of fused-ring (bicyclic) bond motifs is 8. The Hall–Kier alpha value is -5.43. The molecule has 0 unspecified atom stereocenters. The minimum Gasteiger partial charge on any atom is 2.00 e. The van der Waals surface area contributed by atoms with Gasteiger partial charge in [0.15, 0.2) is 0 Å². The number of ether oxygens (including phenoxy) is 2. The Morgan fingerprint density at radius 1 is 0.347 bits per heavy atom. The summed E-state index contributed by atoms with van der Waals surface area (Å²) in [6, 6.07) is 39.8. The molecular weight excluding hydrogens is 1050 g/mol. The largest absolute Gasteiger partial charge is 2.00 e. The normalized spacial score (nSPS) is 12.2. The number of aromatic nitrogens is 4. The van der Waals surface area contributed by atoms with Crippen molar-refractivity contribution in [2.45, 2.75) is 25.7 Å². The first-order valence-electron chi connectivity index (χ1n) is 21.5. The SMILES string of the molecule is C1CCOC1.C1CCOC1.Clc1ccc(-c2c3nc(c(-c4ccc(Cl)cc4)c4ccc([nH]4)c(-c4ccc(Cl)cc4)c4nc(c(-c5ccc(Cl)cc5)c5ccc2[nH]5)C=C4)C=C3)cc1.[Al+3].[C-]#[O+].[C-]#[O+].[C-]#[O+].[C-]#[O+].[Mn+2]. The maximum Gasteiger partial charge on any atom is 2.00 e. The van der Waals surface area contributed by atoms with E-state index in [-0.39, 0.29) is 34.4 Å². The van der Waals surface area contributed by atoms with E-state index in [1.165, 1.54) is 25.7 Å². The van der Waals surface area contributed by atoms with Crippen molar-refractivity contribution in [1.29, 1.82) is 0 Å². The molecule has 0 aliphatic carbocycles. The number of hydrogen-bond donors (Lipinski definition) is 2. The van der Waals surface area contributed by atoms with Crippen LogP contribution < -0.4 is 0 Å². The van der Waals surface area contributed by atoms with Gasteiger partial charge in [0.05, 0.1) is 22.8 Å². The number of hydrogen-bond acceptors (Lipinski definition) is 4. The van der Waals surface area contributed by atoms with Crippen molar-refractivity contribution in [2.24, 2.45) is 0 Å². The van der Waals surface area contributed by atoms with Crippen LogP contribution in [0.2, 0.25) is 20.1 Å². The van der Waals surface area contributed by atoms with E-state index >= 15 is 0 Å². The third-order valence-electron chi connectivity index (χ3n) is 10.9. The molecular formula is C56H42AlCl4MnN4O6+5. The molecule has 72 heavy (non-hydrogen) atoms. The van der Waals surface area contributed by atoms with E-state index in [0.29, 0.717) is 20.1 Å². The second-order valence-electron chi connectivity index (χ2n) is 15.2. The van der Waals surface area contributed by atoms with E-state index in [2.05, 4.69) is 85.1 Å². The van der Waals surface area contributed by atoms with Crippen LogP contribution in [0.1, 0.15) is 48.5 Å². The van der Waals surface area contributed by atoms with Crippen LogP contribution in [-0.4, -0.2) is 63.7 Å².